The molecule has 0 saturated heterocycles. The first-order valence-corrected chi connectivity index (χ1v) is 11.8. The number of ketones is 1. The van der Waals surface area contributed by atoms with E-state index in [0.29, 0.717) is 12.1 Å². The van der Waals surface area contributed by atoms with Crippen LogP contribution in [0.25, 0.3) is 0 Å². The molecule has 2 heterocycles. The zero-order valence-corrected chi connectivity index (χ0v) is 20.2. The number of amides is 2. The van der Waals surface area contributed by atoms with E-state index in [0.717, 1.165) is 18.7 Å². The van der Waals surface area contributed by atoms with Gasteiger partial charge in [0.2, 0.25) is 0 Å². The van der Waals surface area contributed by atoms with Crippen LogP contribution >= 0.6 is 0 Å². The molecular formula is C25H24F3N7O3. The molecule has 2 aliphatic carbocycles. The van der Waals surface area contributed by atoms with Crippen molar-refractivity contribution in [2.75, 3.05) is 5.32 Å². The van der Waals surface area contributed by atoms with E-state index in [-0.39, 0.29) is 45.7 Å². The van der Waals surface area contributed by atoms with Crippen LogP contribution in [0.2, 0.25) is 0 Å². The number of anilines is 1. The van der Waals surface area contributed by atoms with Gasteiger partial charge in [-0.3, -0.25) is 20.2 Å². The largest absolute Gasteiger partial charge is 0.399 e. The third-order valence-electron chi connectivity index (χ3n) is 7.48. The number of hydrogen-bond acceptors (Lipinski definition) is 7. The third kappa shape index (κ3) is 3.97. The van der Waals surface area contributed by atoms with Crippen LogP contribution in [0.3, 0.4) is 0 Å². The maximum Gasteiger partial charge on any atom is 0.293 e. The first-order valence-electron chi connectivity index (χ1n) is 11.8. The molecule has 1 aromatic heterocycles. The van der Waals surface area contributed by atoms with Crippen molar-refractivity contribution < 1.29 is 27.6 Å². The van der Waals surface area contributed by atoms with Gasteiger partial charge in [0, 0.05) is 36.5 Å². The van der Waals surface area contributed by atoms with Crippen molar-refractivity contribution in [3.05, 3.63) is 64.0 Å². The maximum absolute atomic E-state index is 13.8. The first-order chi connectivity index (χ1) is 17.9. The Morgan fingerprint density at radius 2 is 1.97 bits per heavy atom. The Bertz CT molecular complexity index is 1470. The maximum atomic E-state index is 13.8. The number of rotatable bonds is 7. The summed E-state index contributed by atoms with van der Waals surface area (Å²) in [5, 5.41) is 14.1. The minimum atomic E-state index is -3.07. The summed E-state index contributed by atoms with van der Waals surface area (Å²) in [6.45, 7) is 1.53. The number of alkyl halides is 2. The van der Waals surface area contributed by atoms with E-state index in [1.165, 1.54) is 19.1 Å². The molecule has 38 heavy (non-hydrogen) atoms. The second-order valence-electron chi connectivity index (χ2n) is 10.0. The molecule has 2 saturated carbocycles. The van der Waals surface area contributed by atoms with Crippen LogP contribution in [-0.2, 0) is 11.2 Å². The van der Waals surface area contributed by atoms with Crippen LogP contribution in [0.1, 0.15) is 63.0 Å². The summed E-state index contributed by atoms with van der Waals surface area (Å²) in [7, 11) is 0. The smallest absolute Gasteiger partial charge is 0.293 e. The summed E-state index contributed by atoms with van der Waals surface area (Å²) in [5.74, 6) is -1.07. The van der Waals surface area contributed by atoms with Crippen molar-refractivity contribution >= 4 is 23.3 Å². The number of carbonyl (C=O) groups excluding carboxylic acids is 3. The summed E-state index contributed by atoms with van der Waals surface area (Å²) in [5.41, 5.74) is 7.15. The molecule has 1 aliphatic heterocycles. The van der Waals surface area contributed by atoms with Crippen LogP contribution in [0, 0.1) is 30.0 Å². The molecule has 0 radical (unpaired) electrons. The van der Waals surface area contributed by atoms with Gasteiger partial charge in [0.25, 0.3) is 23.5 Å². The van der Waals surface area contributed by atoms with Crippen molar-refractivity contribution in [1.82, 2.24) is 15.3 Å². The Labute approximate surface area is 214 Å². The molecule has 7 N–H and O–H groups in total. The topological polar surface area (TPSA) is 168 Å². The van der Waals surface area contributed by atoms with Gasteiger partial charge in [-0.25, -0.2) is 13.2 Å². The molecule has 13 heteroatoms. The van der Waals surface area contributed by atoms with Gasteiger partial charge < -0.3 is 26.4 Å². The number of carbonyl (C=O) groups is 3. The quantitative estimate of drug-likeness (QED) is 0.159. The lowest BCUT2D eigenvalue weighted by molar-refractivity contribution is -0.137. The van der Waals surface area contributed by atoms with Gasteiger partial charge in [0.15, 0.2) is 0 Å². The molecule has 5 rings (SSSR count). The van der Waals surface area contributed by atoms with Gasteiger partial charge >= 0.3 is 0 Å². The van der Waals surface area contributed by atoms with Gasteiger partial charge in [0.1, 0.15) is 17.6 Å². The average molecular weight is 528 g/mol. The third-order valence-corrected chi connectivity index (χ3v) is 7.48. The van der Waals surface area contributed by atoms with Gasteiger partial charge in [-0.05, 0) is 49.4 Å². The minimum Gasteiger partial charge on any atom is -0.399 e. The molecule has 1 aromatic carbocycles. The fourth-order valence-electron chi connectivity index (χ4n) is 5.62. The monoisotopic (exact) mass is 527 g/mol. The second kappa shape index (κ2) is 8.63. The number of benzene rings is 1. The molecule has 198 valence electrons. The number of nitrogens with two attached hydrogens (primary N) is 2. The first kappa shape index (κ1) is 25.3. The molecule has 0 bridgehead atoms. The van der Waals surface area contributed by atoms with Crippen LogP contribution in [0.5, 0.6) is 0 Å². The Hall–Kier alpha value is -4.31. The van der Waals surface area contributed by atoms with E-state index in [2.05, 4.69) is 16.1 Å². The number of nitrogens with zero attached hydrogens (tertiary/aromatic N) is 2. The molecule has 2 aromatic rings. The number of hydrazine groups is 1. The number of halogens is 3. The van der Waals surface area contributed by atoms with E-state index in [4.69, 9.17) is 16.8 Å². The lowest BCUT2D eigenvalue weighted by atomic mass is 9.71. The molecule has 10 nitrogen and oxygen atoms in total. The SMILES string of the molecule is Cc1c(C(=O)C(=O)NC2(/C(N)=C/NN)CC(F)(F)C2)c2n(c1C(=O)Nc1ccc(F)c(C#N)c1)C1CC1C2. The van der Waals surface area contributed by atoms with Crippen molar-refractivity contribution in [2.45, 2.75) is 50.1 Å². The van der Waals surface area contributed by atoms with Gasteiger partial charge in [-0.15, -0.1) is 0 Å². The standard InChI is InChI=1S/C25H24F3N7O3/c1-11-19(21(36)23(38)34-24(18(30)8-32-31)9-25(27,28)10-24)17-6-12-5-16(12)35(17)20(11)22(37)33-14-2-3-15(26)13(4-14)7-29/h2-4,8,12,16,32H,5-6,9-10,30-31H2,1H3,(H,33,37)(H,34,38)/b18-8-. The van der Waals surface area contributed by atoms with E-state index >= 15 is 0 Å². The van der Waals surface area contributed by atoms with E-state index in [1.807, 2.05) is 0 Å². The number of aromatic nitrogens is 1. The highest BCUT2D eigenvalue weighted by atomic mass is 19.3. The van der Waals surface area contributed by atoms with E-state index < -0.39 is 47.7 Å². The molecule has 2 unspecified atom stereocenters. The van der Waals surface area contributed by atoms with Crippen LogP contribution < -0.4 is 27.6 Å². The summed E-state index contributed by atoms with van der Waals surface area (Å²) in [6.07, 6.45) is 0.767. The number of Topliss-reactive ketones (excluding diaryl/α,β-unsaturated/α-hetero) is 1. The van der Waals surface area contributed by atoms with Crippen molar-refractivity contribution in [3.8, 4) is 6.07 Å². The lowest BCUT2D eigenvalue weighted by Gasteiger charge is -2.47. The highest BCUT2D eigenvalue weighted by Crippen LogP contribution is 2.54. The Balaban J connectivity index is 1.45. The highest BCUT2D eigenvalue weighted by Gasteiger charge is 2.59. The van der Waals surface area contributed by atoms with E-state index in [1.54, 1.807) is 10.6 Å². The summed E-state index contributed by atoms with van der Waals surface area (Å²) < 4.78 is 43.0. The second-order valence-corrected chi connectivity index (χ2v) is 10.0. The molecular weight excluding hydrogens is 503 g/mol. The molecule has 2 fully saturated rings. The predicted molar refractivity (Wildman–Crippen MR) is 128 cm³/mol. The fourth-order valence-corrected chi connectivity index (χ4v) is 5.62. The zero-order chi connectivity index (χ0) is 27.6. The van der Waals surface area contributed by atoms with Crippen molar-refractivity contribution in [1.29, 1.82) is 5.26 Å². The Morgan fingerprint density at radius 1 is 1.26 bits per heavy atom. The van der Waals surface area contributed by atoms with Crippen molar-refractivity contribution in [2.24, 2.45) is 17.5 Å². The van der Waals surface area contributed by atoms with E-state index in [9.17, 15) is 27.6 Å². The van der Waals surface area contributed by atoms with Crippen LogP contribution in [-0.4, -0.2) is 33.6 Å². The predicted octanol–water partition coefficient (Wildman–Crippen LogP) is 1.91. The summed E-state index contributed by atoms with van der Waals surface area (Å²) in [4.78, 5) is 39.8. The zero-order valence-electron chi connectivity index (χ0n) is 20.2. The number of hydrogen-bond donors (Lipinski definition) is 5. The Kier molecular flexibility index (Phi) is 5.75. The number of nitriles is 1. The summed E-state index contributed by atoms with van der Waals surface area (Å²) in [6, 6.07) is 5.25. The molecule has 2 atom stereocenters. The number of fused-ring (bicyclic) bond motifs is 3. The molecule has 0 spiro atoms. The van der Waals surface area contributed by atoms with Gasteiger partial charge in [0.05, 0.1) is 22.4 Å². The Morgan fingerprint density at radius 3 is 2.61 bits per heavy atom. The average Bonchev–Trinajstić information content (AvgIpc) is 3.41. The molecule has 2 amide bonds. The number of nitrogens with one attached hydrogen (secondary N) is 3. The lowest BCUT2D eigenvalue weighted by Crippen LogP contribution is -2.65. The highest BCUT2D eigenvalue weighted by molar-refractivity contribution is 6.44. The van der Waals surface area contributed by atoms with Gasteiger partial charge in [-0.1, -0.05) is 0 Å². The molecule has 3 aliphatic rings. The summed E-state index contributed by atoms with van der Waals surface area (Å²) >= 11 is 0. The van der Waals surface area contributed by atoms with Crippen LogP contribution in [0.4, 0.5) is 18.9 Å². The normalized spacial score (nSPS) is 21.8. The minimum absolute atomic E-state index is 0.0113. The van der Waals surface area contributed by atoms with Crippen LogP contribution in [0.15, 0.2) is 30.1 Å². The van der Waals surface area contributed by atoms with Crippen molar-refractivity contribution in [3.63, 3.8) is 0 Å². The van der Waals surface area contributed by atoms with Gasteiger partial charge in [-0.2, -0.15) is 5.26 Å². The fraction of sp³-hybridized carbons (Fsp3) is 0.360.